The molecule has 0 bridgehead atoms. The third-order valence-corrected chi connectivity index (χ3v) is 3.18. The summed E-state index contributed by atoms with van der Waals surface area (Å²) in [5.74, 6) is 2.40. The average molecular weight is 209 g/mol. The van der Waals surface area contributed by atoms with Gasteiger partial charge in [-0.05, 0) is 19.9 Å². The molecule has 2 unspecified atom stereocenters. The van der Waals surface area contributed by atoms with Crippen LogP contribution in [0, 0.1) is 0 Å². The van der Waals surface area contributed by atoms with Crippen molar-refractivity contribution in [1.29, 1.82) is 0 Å². The van der Waals surface area contributed by atoms with Gasteiger partial charge in [0.1, 0.15) is 0 Å². The van der Waals surface area contributed by atoms with Crippen LogP contribution in [-0.4, -0.2) is 23.2 Å². The fourth-order valence-electron chi connectivity index (χ4n) is 2.23. The molecule has 1 aliphatic carbocycles. The largest absolute Gasteiger partial charge is 0.339 e. The number of rotatable bonds is 3. The molecule has 1 saturated carbocycles. The highest BCUT2D eigenvalue weighted by Gasteiger charge is 2.31. The molecule has 1 fully saturated rings. The Morgan fingerprint density at radius 2 is 2.20 bits per heavy atom. The summed E-state index contributed by atoms with van der Waals surface area (Å²) < 4.78 is 5.34. The van der Waals surface area contributed by atoms with E-state index >= 15 is 0 Å². The Hall–Kier alpha value is -0.900. The molecule has 0 spiro atoms. The van der Waals surface area contributed by atoms with Crippen molar-refractivity contribution in [2.75, 3.05) is 7.05 Å². The highest BCUT2D eigenvalue weighted by Crippen LogP contribution is 2.33. The highest BCUT2D eigenvalue weighted by molar-refractivity contribution is 5.03. The summed E-state index contributed by atoms with van der Waals surface area (Å²) in [5, 5.41) is 7.34. The van der Waals surface area contributed by atoms with E-state index in [2.05, 4.69) is 29.3 Å². The highest BCUT2D eigenvalue weighted by atomic mass is 16.5. The fraction of sp³-hybridized carbons (Fsp3) is 0.818. The van der Waals surface area contributed by atoms with Crippen LogP contribution in [0.4, 0.5) is 0 Å². The lowest BCUT2D eigenvalue weighted by Crippen LogP contribution is -2.27. The standard InChI is InChI=1S/C11H19N3O/c1-7(2)10-13-11(15-14-10)8-5-4-6-9(8)12-3/h7-9,12H,4-6H2,1-3H3. The predicted molar refractivity (Wildman–Crippen MR) is 57.8 cm³/mol. The number of nitrogens with one attached hydrogen (secondary N) is 1. The summed E-state index contributed by atoms with van der Waals surface area (Å²) in [7, 11) is 2.00. The third kappa shape index (κ3) is 2.04. The first kappa shape index (κ1) is 10.6. The van der Waals surface area contributed by atoms with Crippen molar-refractivity contribution < 1.29 is 4.52 Å². The summed E-state index contributed by atoms with van der Waals surface area (Å²) >= 11 is 0. The molecule has 0 aromatic carbocycles. The van der Waals surface area contributed by atoms with Crippen molar-refractivity contribution in [2.45, 2.75) is 51.0 Å². The molecule has 1 heterocycles. The molecular weight excluding hydrogens is 190 g/mol. The normalized spacial score (nSPS) is 26.4. The lowest BCUT2D eigenvalue weighted by atomic mass is 10.0. The quantitative estimate of drug-likeness (QED) is 0.827. The van der Waals surface area contributed by atoms with Crippen molar-refractivity contribution in [3.05, 3.63) is 11.7 Å². The summed E-state index contributed by atoms with van der Waals surface area (Å²) in [6, 6.07) is 0.505. The van der Waals surface area contributed by atoms with Gasteiger partial charge < -0.3 is 9.84 Å². The van der Waals surface area contributed by atoms with Gasteiger partial charge in [0.2, 0.25) is 5.89 Å². The van der Waals surface area contributed by atoms with E-state index < -0.39 is 0 Å². The summed E-state index contributed by atoms with van der Waals surface area (Å²) in [6.07, 6.45) is 3.61. The van der Waals surface area contributed by atoms with E-state index in [1.165, 1.54) is 12.8 Å². The Labute approximate surface area is 90.4 Å². The number of aromatic nitrogens is 2. The molecule has 1 aromatic rings. The Bertz CT molecular complexity index is 321. The molecule has 4 nitrogen and oxygen atoms in total. The van der Waals surface area contributed by atoms with E-state index in [1.54, 1.807) is 0 Å². The molecule has 1 aromatic heterocycles. The molecule has 0 amide bonds. The van der Waals surface area contributed by atoms with Crippen LogP contribution in [0.25, 0.3) is 0 Å². The zero-order valence-corrected chi connectivity index (χ0v) is 9.66. The molecule has 0 aliphatic heterocycles. The first-order valence-electron chi connectivity index (χ1n) is 5.73. The zero-order chi connectivity index (χ0) is 10.8. The van der Waals surface area contributed by atoms with Gasteiger partial charge in [-0.3, -0.25) is 0 Å². The lowest BCUT2D eigenvalue weighted by molar-refractivity contribution is 0.331. The van der Waals surface area contributed by atoms with Crippen LogP contribution in [0.5, 0.6) is 0 Å². The smallest absolute Gasteiger partial charge is 0.231 e. The van der Waals surface area contributed by atoms with Gasteiger partial charge in [0.05, 0.1) is 5.92 Å². The first-order chi connectivity index (χ1) is 7.22. The van der Waals surface area contributed by atoms with Gasteiger partial charge in [0, 0.05) is 12.0 Å². The Morgan fingerprint density at radius 3 is 2.80 bits per heavy atom. The van der Waals surface area contributed by atoms with Crippen LogP contribution in [0.3, 0.4) is 0 Å². The number of likely N-dealkylation sites (N-methyl/N-ethyl adjacent to an activating group) is 1. The Morgan fingerprint density at radius 1 is 1.40 bits per heavy atom. The van der Waals surface area contributed by atoms with Crippen molar-refractivity contribution >= 4 is 0 Å². The summed E-state index contributed by atoms with van der Waals surface area (Å²) in [5.41, 5.74) is 0. The lowest BCUT2D eigenvalue weighted by Gasteiger charge is -2.14. The van der Waals surface area contributed by atoms with Crippen LogP contribution < -0.4 is 5.32 Å². The molecule has 4 heteroatoms. The minimum absolute atomic E-state index is 0.344. The summed E-state index contributed by atoms with van der Waals surface area (Å²) in [6.45, 7) is 4.16. The first-order valence-corrected chi connectivity index (χ1v) is 5.73. The monoisotopic (exact) mass is 209 g/mol. The SMILES string of the molecule is CNC1CCCC1c1nc(C(C)C)no1. The van der Waals surface area contributed by atoms with E-state index in [0.717, 1.165) is 18.1 Å². The van der Waals surface area contributed by atoms with Crippen LogP contribution in [-0.2, 0) is 0 Å². The van der Waals surface area contributed by atoms with Gasteiger partial charge in [-0.1, -0.05) is 25.4 Å². The number of hydrogen-bond donors (Lipinski definition) is 1. The minimum Gasteiger partial charge on any atom is -0.339 e. The van der Waals surface area contributed by atoms with Crippen LogP contribution >= 0.6 is 0 Å². The van der Waals surface area contributed by atoms with Gasteiger partial charge in [0.15, 0.2) is 5.82 Å². The Balaban J connectivity index is 2.14. The van der Waals surface area contributed by atoms with Crippen molar-refractivity contribution in [3.8, 4) is 0 Å². The molecule has 2 rings (SSSR count). The van der Waals surface area contributed by atoms with E-state index in [9.17, 15) is 0 Å². The van der Waals surface area contributed by atoms with Crippen molar-refractivity contribution in [3.63, 3.8) is 0 Å². The maximum atomic E-state index is 5.34. The molecule has 0 saturated heterocycles. The van der Waals surface area contributed by atoms with Crippen LogP contribution in [0.1, 0.15) is 56.7 Å². The molecule has 0 radical (unpaired) electrons. The Kier molecular flexibility index (Phi) is 3.05. The van der Waals surface area contributed by atoms with Gasteiger partial charge in [-0.2, -0.15) is 4.98 Å². The van der Waals surface area contributed by atoms with Crippen LogP contribution in [0.15, 0.2) is 4.52 Å². The molecular formula is C11H19N3O. The fourth-order valence-corrected chi connectivity index (χ4v) is 2.23. The molecule has 1 N–H and O–H groups in total. The van der Waals surface area contributed by atoms with E-state index in [-0.39, 0.29) is 0 Å². The second-order valence-corrected chi connectivity index (χ2v) is 4.58. The number of hydrogen-bond acceptors (Lipinski definition) is 4. The molecule has 2 atom stereocenters. The summed E-state index contributed by atoms with van der Waals surface area (Å²) in [4.78, 5) is 4.47. The zero-order valence-electron chi connectivity index (χ0n) is 9.66. The third-order valence-electron chi connectivity index (χ3n) is 3.18. The van der Waals surface area contributed by atoms with Gasteiger partial charge in [-0.15, -0.1) is 0 Å². The molecule has 84 valence electrons. The maximum absolute atomic E-state index is 5.34. The second-order valence-electron chi connectivity index (χ2n) is 4.58. The van der Waals surface area contributed by atoms with Gasteiger partial charge >= 0.3 is 0 Å². The second kappa shape index (κ2) is 4.31. The topological polar surface area (TPSA) is 51.0 Å². The predicted octanol–water partition coefficient (Wildman–Crippen LogP) is 2.05. The average Bonchev–Trinajstić information content (AvgIpc) is 2.85. The van der Waals surface area contributed by atoms with E-state index in [0.29, 0.717) is 17.9 Å². The van der Waals surface area contributed by atoms with E-state index in [1.807, 2.05) is 7.05 Å². The minimum atomic E-state index is 0.344. The maximum Gasteiger partial charge on any atom is 0.231 e. The number of nitrogens with zero attached hydrogens (tertiary/aromatic N) is 2. The van der Waals surface area contributed by atoms with Crippen molar-refractivity contribution in [1.82, 2.24) is 15.5 Å². The van der Waals surface area contributed by atoms with Crippen LogP contribution in [0.2, 0.25) is 0 Å². The van der Waals surface area contributed by atoms with Gasteiger partial charge in [0.25, 0.3) is 0 Å². The molecule has 15 heavy (non-hydrogen) atoms. The molecule has 1 aliphatic rings. The van der Waals surface area contributed by atoms with E-state index in [4.69, 9.17) is 4.52 Å². The van der Waals surface area contributed by atoms with Gasteiger partial charge in [-0.25, -0.2) is 0 Å². The van der Waals surface area contributed by atoms with Crippen molar-refractivity contribution in [2.24, 2.45) is 0 Å².